The van der Waals surface area contributed by atoms with Gasteiger partial charge in [-0.1, -0.05) is 12.1 Å². The number of carbonyl (C=O) groups is 1. The third kappa shape index (κ3) is 3.59. The molecule has 1 N–H and O–H groups in total. The van der Waals surface area contributed by atoms with Gasteiger partial charge in [-0.3, -0.25) is 0 Å². The molecular weight excluding hydrogens is 365 g/mol. The molecule has 1 aromatic carbocycles. The topological polar surface area (TPSA) is 90.1 Å². The summed E-state index contributed by atoms with van der Waals surface area (Å²) in [4.78, 5) is 19.9. The van der Waals surface area contributed by atoms with Crippen molar-refractivity contribution in [2.45, 2.75) is 13.1 Å². The minimum Gasteiger partial charge on any atom is -0.507 e. The Morgan fingerprint density at radius 1 is 1.26 bits per heavy atom. The van der Waals surface area contributed by atoms with Gasteiger partial charge in [-0.2, -0.15) is 18.3 Å². The van der Waals surface area contributed by atoms with Gasteiger partial charge in [0.15, 0.2) is 17.3 Å². The lowest BCUT2D eigenvalue weighted by molar-refractivity contribution is -0.143. The van der Waals surface area contributed by atoms with E-state index in [1.807, 2.05) is 0 Å². The molecule has 0 fully saturated rings. The molecule has 0 amide bonds. The Morgan fingerprint density at radius 3 is 2.67 bits per heavy atom. The van der Waals surface area contributed by atoms with Crippen molar-refractivity contribution in [3.05, 3.63) is 54.0 Å². The van der Waals surface area contributed by atoms with Crippen LogP contribution >= 0.6 is 0 Å². The molecule has 3 aromatic rings. The summed E-state index contributed by atoms with van der Waals surface area (Å²) >= 11 is 0. The predicted molar refractivity (Wildman–Crippen MR) is 87.2 cm³/mol. The lowest BCUT2D eigenvalue weighted by atomic mass is 10.2. The molecule has 0 bridgehead atoms. The zero-order valence-corrected chi connectivity index (χ0v) is 13.9. The second kappa shape index (κ2) is 7.06. The summed E-state index contributed by atoms with van der Waals surface area (Å²) in [5.41, 5.74) is -1.78. The van der Waals surface area contributed by atoms with E-state index in [1.165, 1.54) is 31.3 Å². The van der Waals surface area contributed by atoms with Gasteiger partial charge in [0.1, 0.15) is 11.3 Å². The van der Waals surface area contributed by atoms with Crippen LogP contribution in [0.2, 0.25) is 0 Å². The van der Waals surface area contributed by atoms with E-state index in [0.717, 1.165) is 6.20 Å². The molecular formula is C17H13F3N4O3. The van der Waals surface area contributed by atoms with E-state index in [2.05, 4.69) is 19.8 Å². The average molecular weight is 378 g/mol. The molecule has 3 rings (SSSR count). The smallest absolute Gasteiger partial charge is 0.434 e. The van der Waals surface area contributed by atoms with Crippen LogP contribution in [0.1, 0.15) is 23.0 Å². The lowest BCUT2D eigenvalue weighted by Crippen LogP contribution is -2.19. The van der Waals surface area contributed by atoms with E-state index in [9.17, 15) is 23.1 Å². The number of para-hydroxylation sites is 1. The summed E-state index contributed by atoms with van der Waals surface area (Å²) in [6.45, 7) is 1.41. The number of carbonyl (C=O) groups excluding carboxylic acids is 1. The second-order valence-corrected chi connectivity index (χ2v) is 5.29. The van der Waals surface area contributed by atoms with Crippen LogP contribution in [0.25, 0.3) is 17.2 Å². The van der Waals surface area contributed by atoms with Crippen LogP contribution in [-0.4, -0.2) is 37.4 Å². The molecule has 0 saturated carbocycles. The molecule has 0 saturated heterocycles. The fraction of sp³-hybridized carbons (Fsp3) is 0.176. The van der Waals surface area contributed by atoms with Crippen LogP contribution in [-0.2, 0) is 10.9 Å². The quantitative estimate of drug-likeness (QED) is 0.701. The van der Waals surface area contributed by atoms with Crippen LogP contribution in [0, 0.1) is 0 Å². The van der Waals surface area contributed by atoms with Gasteiger partial charge in [-0.15, -0.1) is 0 Å². The normalized spacial score (nSPS) is 11.4. The Labute approximate surface area is 151 Å². The number of ether oxygens (including phenoxy) is 1. The first kappa shape index (κ1) is 18.4. The molecule has 0 radical (unpaired) electrons. The fourth-order valence-corrected chi connectivity index (χ4v) is 2.41. The van der Waals surface area contributed by atoms with Crippen molar-refractivity contribution in [3.63, 3.8) is 0 Å². The van der Waals surface area contributed by atoms with Crippen LogP contribution < -0.4 is 0 Å². The summed E-state index contributed by atoms with van der Waals surface area (Å²) in [6, 6.07) is 7.34. The zero-order valence-electron chi connectivity index (χ0n) is 13.9. The molecule has 7 nitrogen and oxygen atoms in total. The predicted octanol–water partition coefficient (Wildman–Crippen LogP) is 3.23. The average Bonchev–Trinajstić information content (AvgIpc) is 3.08. The van der Waals surface area contributed by atoms with Gasteiger partial charge < -0.3 is 9.84 Å². The second-order valence-electron chi connectivity index (χ2n) is 5.29. The van der Waals surface area contributed by atoms with Gasteiger partial charge in [0, 0.05) is 12.3 Å². The number of rotatable bonds is 4. The Bertz CT molecular complexity index is 986. The molecule has 0 aliphatic heterocycles. The van der Waals surface area contributed by atoms with Gasteiger partial charge >= 0.3 is 12.1 Å². The number of benzene rings is 1. The Hall–Kier alpha value is -3.43. The van der Waals surface area contributed by atoms with E-state index < -0.39 is 23.4 Å². The zero-order chi connectivity index (χ0) is 19.6. The van der Waals surface area contributed by atoms with Crippen LogP contribution in [0.3, 0.4) is 0 Å². The van der Waals surface area contributed by atoms with Crippen molar-refractivity contribution < 1.29 is 27.8 Å². The minimum absolute atomic E-state index is 0.00640. The molecule has 2 heterocycles. The number of phenols is 1. The molecule has 140 valence electrons. The van der Waals surface area contributed by atoms with Crippen molar-refractivity contribution in [3.8, 4) is 23.0 Å². The van der Waals surface area contributed by atoms with E-state index in [0.29, 0.717) is 4.68 Å². The van der Waals surface area contributed by atoms with Gasteiger partial charge in [-0.05, 0) is 19.1 Å². The summed E-state index contributed by atoms with van der Waals surface area (Å²) in [5.74, 6) is -1.47. The highest BCUT2D eigenvalue weighted by Crippen LogP contribution is 2.34. The monoisotopic (exact) mass is 378 g/mol. The van der Waals surface area contributed by atoms with Gasteiger partial charge in [0.05, 0.1) is 18.4 Å². The first-order chi connectivity index (χ1) is 12.8. The number of halogens is 3. The van der Waals surface area contributed by atoms with Crippen LogP contribution in [0.5, 0.6) is 5.75 Å². The van der Waals surface area contributed by atoms with E-state index >= 15 is 0 Å². The third-order valence-electron chi connectivity index (χ3n) is 3.54. The van der Waals surface area contributed by atoms with Crippen molar-refractivity contribution in [1.82, 2.24) is 19.7 Å². The lowest BCUT2D eigenvalue weighted by Gasteiger charge is -2.12. The highest BCUT2D eigenvalue weighted by Gasteiger charge is 2.41. The van der Waals surface area contributed by atoms with Crippen molar-refractivity contribution in [2.24, 2.45) is 0 Å². The Morgan fingerprint density at radius 2 is 2.00 bits per heavy atom. The molecule has 0 atom stereocenters. The van der Waals surface area contributed by atoms with E-state index in [-0.39, 0.29) is 29.6 Å². The molecule has 0 aliphatic carbocycles. The number of aromatic nitrogens is 4. The first-order valence-electron chi connectivity index (χ1n) is 7.77. The van der Waals surface area contributed by atoms with E-state index in [1.54, 1.807) is 12.1 Å². The first-order valence-corrected chi connectivity index (χ1v) is 7.77. The minimum atomic E-state index is -4.88. The van der Waals surface area contributed by atoms with E-state index in [4.69, 9.17) is 0 Å². The fourth-order valence-electron chi connectivity index (χ4n) is 2.41. The number of esters is 1. The van der Waals surface area contributed by atoms with Gasteiger partial charge in [-0.25, -0.2) is 19.4 Å². The molecule has 0 aliphatic rings. The Balaban J connectivity index is 2.14. The van der Waals surface area contributed by atoms with Gasteiger partial charge in [0.25, 0.3) is 0 Å². The molecule has 10 heteroatoms. The van der Waals surface area contributed by atoms with Gasteiger partial charge in [0.2, 0.25) is 0 Å². The maximum Gasteiger partial charge on any atom is 0.434 e. The maximum atomic E-state index is 13.6. The number of phenolic OH excluding ortho intramolecular Hbond substituents is 1. The SMILES string of the molecule is CCOC(=O)c1cnn(-c2ccnc(-c3ccccc3O)n2)c1C(F)(F)F. The molecule has 0 unspecified atom stereocenters. The molecule has 27 heavy (non-hydrogen) atoms. The largest absolute Gasteiger partial charge is 0.507 e. The molecule has 0 spiro atoms. The maximum absolute atomic E-state index is 13.6. The summed E-state index contributed by atoms with van der Waals surface area (Å²) in [5, 5.41) is 13.6. The number of hydrogen-bond donors (Lipinski definition) is 1. The summed E-state index contributed by atoms with van der Waals surface area (Å²) < 4.78 is 45.9. The van der Waals surface area contributed by atoms with Crippen LogP contribution in [0.15, 0.2) is 42.7 Å². The molecule has 2 aromatic heterocycles. The van der Waals surface area contributed by atoms with Crippen molar-refractivity contribution in [2.75, 3.05) is 6.61 Å². The number of nitrogens with zero attached hydrogens (tertiary/aromatic N) is 4. The standard InChI is InChI=1S/C17H13F3N4O3/c1-2-27-16(26)11-9-22-24(14(11)17(18,19)20)13-7-8-21-15(23-13)10-5-3-4-6-12(10)25/h3-9,25H,2H2,1H3. The summed E-state index contributed by atoms with van der Waals surface area (Å²) in [7, 11) is 0. The van der Waals surface area contributed by atoms with Crippen molar-refractivity contribution >= 4 is 5.97 Å². The highest BCUT2D eigenvalue weighted by molar-refractivity contribution is 5.90. The number of aromatic hydroxyl groups is 1. The number of alkyl halides is 3. The Kier molecular flexibility index (Phi) is 4.80. The van der Waals surface area contributed by atoms with Crippen LogP contribution in [0.4, 0.5) is 13.2 Å². The number of hydrogen-bond acceptors (Lipinski definition) is 6. The highest BCUT2D eigenvalue weighted by atomic mass is 19.4. The third-order valence-corrected chi connectivity index (χ3v) is 3.54. The van der Waals surface area contributed by atoms with Crippen molar-refractivity contribution in [1.29, 1.82) is 0 Å². The summed E-state index contributed by atoms with van der Waals surface area (Å²) in [6.07, 6.45) is -2.86.